The Hall–Kier alpha value is -2.87. The lowest BCUT2D eigenvalue weighted by Crippen LogP contribution is -2.46. The van der Waals surface area contributed by atoms with Crippen LogP contribution in [0.15, 0.2) is 47.0 Å². The zero-order chi connectivity index (χ0) is 21.3. The minimum atomic E-state index is -4.36. The Bertz CT molecular complexity index is 1010. The molecule has 30 heavy (non-hydrogen) atoms. The van der Waals surface area contributed by atoms with Crippen LogP contribution in [0.3, 0.4) is 0 Å². The Morgan fingerprint density at radius 1 is 0.967 bits per heavy atom. The lowest BCUT2D eigenvalue weighted by molar-refractivity contribution is -0.137. The van der Waals surface area contributed by atoms with Crippen LogP contribution in [0.5, 0.6) is 0 Å². The lowest BCUT2D eigenvalue weighted by atomic mass is 10.1. The zero-order valence-corrected chi connectivity index (χ0v) is 16.9. The highest BCUT2D eigenvalue weighted by Crippen LogP contribution is 2.30. The van der Waals surface area contributed by atoms with Crippen LogP contribution in [0.1, 0.15) is 22.6 Å². The van der Waals surface area contributed by atoms with E-state index in [1.165, 1.54) is 28.9 Å². The maximum absolute atomic E-state index is 12.7. The average Bonchev–Trinajstić information content (AvgIpc) is 3.19. The molecule has 1 aliphatic rings. The maximum Gasteiger partial charge on any atom is 0.416 e. The molecule has 2 heterocycles. The van der Waals surface area contributed by atoms with Crippen molar-refractivity contribution >= 4 is 5.69 Å². The van der Waals surface area contributed by atoms with E-state index in [-0.39, 0.29) is 0 Å². The third-order valence-corrected chi connectivity index (χ3v) is 5.59. The number of aryl methyl sites for hydroxylation is 1. The van der Waals surface area contributed by atoms with E-state index in [9.17, 15) is 13.2 Å². The molecule has 2 aromatic carbocycles. The van der Waals surface area contributed by atoms with Crippen LogP contribution in [0.25, 0.3) is 11.4 Å². The molecule has 1 fully saturated rings. The second-order valence-electron chi connectivity index (χ2n) is 7.57. The van der Waals surface area contributed by atoms with Crippen LogP contribution in [0.4, 0.5) is 18.9 Å². The highest BCUT2D eigenvalue weighted by molar-refractivity contribution is 5.56. The number of nitrogens with zero attached hydrogens (tertiary/aromatic N) is 4. The van der Waals surface area contributed by atoms with Crippen LogP contribution in [0, 0.1) is 13.8 Å². The Balaban J connectivity index is 1.36. The summed E-state index contributed by atoms with van der Waals surface area (Å²) >= 11 is 0. The summed E-state index contributed by atoms with van der Waals surface area (Å²) < 4.78 is 43.4. The third-order valence-electron chi connectivity index (χ3n) is 5.59. The van der Waals surface area contributed by atoms with Crippen molar-refractivity contribution in [1.29, 1.82) is 0 Å². The number of hydrogen-bond donors (Lipinski definition) is 0. The van der Waals surface area contributed by atoms with Gasteiger partial charge in [0.2, 0.25) is 11.7 Å². The summed E-state index contributed by atoms with van der Waals surface area (Å²) in [5.41, 5.74) is 3.67. The Morgan fingerprint density at radius 3 is 2.33 bits per heavy atom. The first kappa shape index (κ1) is 20.4. The van der Waals surface area contributed by atoms with E-state index < -0.39 is 11.7 Å². The van der Waals surface area contributed by atoms with Crippen LogP contribution in [0.2, 0.25) is 0 Å². The van der Waals surface area contributed by atoms with Crippen molar-refractivity contribution in [1.82, 2.24) is 15.0 Å². The van der Waals surface area contributed by atoms with Gasteiger partial charge < -0.3 is 9.42 Å². The van der Waals surface area contributed by atoms with Crippen molar-refractivity contribution in [3.05, 3.63) is 65.0 Å². The molecular formula is C22H23F3N4O. The van der Waals surface area contributed by atoms with Crippen molar-refractivity contribution in [2.45, 2.75) is 26.6 Å². The normalized spacial score (nSPS) is 15.6. The number of aromatic nitrogens is 2. The topological polar surface area (TPSA) is 45.4 Å². The number of rotatable bonds is 4. The minimum absolute atomic E-state index is 0.299. The van der Waals surface area contributed by atoms with Crippen molar-refractivity contribution in [2.75, 3.05) is 31.1 Å². The fourth-order valence-electron chi connectivity index (χ4n) is 3.66. The van der Waals surface area contributed by atoms with Crippen LogP contribution >= 0.6 is 0 Å². The van der Waals surface area contributed by atoms with E-state index in [0.717, 1.165) is 38.3 Å². The van der Waals surface area contributed by atoms with E-state index in [1.807, 2.05) is 0 Å². The number of hydrogen-bond acceptors (Lipinski definition) is 5. The molecule has 0 amide bonds. The van der Waals surface area contributed by atoms with E-state index in [0.29, 0.717) is 23.8 Å². The summed E-state index contributed by atoms with van der Waals surface area (Å²) in [6, 6.07) is 11.1. The molecule has 3 aromatic rings. The molecule has 1 saturated heterocycles. The third kappa shape index (κ3) is 4.33. The molecule has 1 aliphatic heterocycles. The fourth-order valence-corrected chi connectivity index (χ4v) is 3.66. The molecule has 158 valence electrons. The van der Waals surface area contributed by atoms with Gasteiger partial charge in [0.05, 0.1) is 12.1 Å². The predicted octanol–water partition coefficient (Wildman–Crippen LogP) is 4.69. The quantitative estimate of drug-likeness (QED) is 0.617. The number of alkyl halides is 3. The fraction of sp³-hybridized carbons (Fsp3) is 0.364. The first-order valence-corrected chi connectivity index (χ1v) is 9.85. The number of anilines is 1. The van der Waals surface area contributed by atoms with Gasteiger partial charge >= 0.3 is 6.18 Å². The van der Waals surface area contributed by atoms with Gasteiger partial charge in [-0.15, -0.1) is 0 Å². The van der Waals surface area contributed by atoms with E-state index >= 15 is 0 Å². The largest absolute Gasteiger partial charge is 0.416 e. The van der Waals surface area contributed by atoms with Gasteiger partial charge in [-0.3, -0.25) is 4.90 Å². The molecule has 0 bridgehead atoms. The first-order valence-electron chi connectivity index (χ1n) is 9.85. The van der Waals surface area contributed by atoms with Crippen LogP contribution < -0.4 is 4.90 Å². The molecule has 0 saturated carbocycles. The lowest BCUT2D eigenvalue weighted by Gasteiger charge is -2.36. The van der Waals surface area contributed by atoms with Gasteiger partial charge in [-0.1, -0.05) is 29.4 Å². The summed E-state index contributed by atoms with van der Waals surface area (Å²) in [4.78, 5) is 8.99. The number of benzene rings is 2. The van der Waals surface area contributed by atoms with Gasteiger partial charge in [-0.05, 0) is 43.2 Å². The molecule has 8 heteroatoms. The van der Waals surface area contributed by atoms with Crippen LogP contribution in [-0.4, -0.2) is 41.2 Å². The summed E-state index contributed by atoms with van der Waals surface area (Å²) in [5, 5.41) is 3.92. The highest BCUT2D eigenvalue weighted by atomic mass is 19.4. The standard InChI is InChI=1S/C22H23F3N4O/c1-15-4-3-5-19(16(15)2)29-12-10-28(11-13-29)14-20-26-21(27-30-20)17-6-8-18(9-7-17)22(23,24)25/h3-9H,10-14H2,1-2H3. The van der Waals surface area contributed by atoms with Crippen molar-refractivity contribution in [3.63, 3.8) is 0 Å². The van der Waals surface area contributed by atoms with Gasteiger partial charge in [-0.25, -0.2) is 0 Å². The second kappa shape index (κ2) is 8.10. The first-order chi connectivity index (χ1) is 14.3. The average molecular weight is 416 g/mol. The Morgan fingerprint density at radius 2 is 1.67 bits per heavy atom. The molecule has 0 N–H and O–H groups in total. The molecule has 0 spiro atoms. The van der Waals surface area contributed by atoms with Gasteiger partial charge in [0.25, 0.3) is 0 Å². The van der Waals surface area contributed by atoms with Crippen molar-refractivity contribution < 1.29 is 17.7 Å². The monoisotopic (exact) mass is 416 g/mol. The highest BCUT2D eigenvalue weighted by Gasteiger charge is 2.30. The Labute approximate surface area is 173 Å². The van der Waals surface area contributed by atoms with Crippen LogP contribution in [-0.2, 0) is 12.7 Å². The van der Waals surface area contributed by atoms with Gasteiger partial charge in [0, 0.05) is 37.4 Å². The van der Waals surface area contributed by atoms with Gasteiger partial charge in [0.1, 0.15) is 0 Å². The molecular weight excluding hydrogens is 393 g/mol. The summed E-state index contributed by atoms with van der Waals surface area (Å²) in [6.45, 7) is 8.34. The molecule has 0 radical (unpaired) electrons. The zero-order valence-electron chi connectivity index (χ0n) is 16.9. The van der Waals surface area contributed by atoms with Gasteiger partial charge in [0.15, 0.2) is 0 Å². The molecule has 4 rings (SSSR count). The van der Waals surface area contributed by atoms with E-state index in [1.54, 1.807) is 0 Å². The number of halogens is 3. The summed E-state index contributed by atoms with van der Waals surface area (Å²) in [5.74, 6) is 0.762. The van der Waals surface area contributed by atoms with E-state index in [2.05, 4.69) is 52.0 Å². The summed E-state index contributed by atoms with van der Waals surface area (Å²) in [6.07, 6.45) is -4.36. The Kier molecular flexibility index (Phi) is 5.51. The van der Waals surface area contributed by atoms with Crippen molar-refractivity contribution in [3.8, 4) is 11.4 Å². The van der Waals surface area contributed by atoms with Crippen molar-refractivity contribution in [2.24, 2.45) is 0 Å². The number of piperazine rings is 1. The molecule has 0 unspecified atom stereocenters. The molecule has 5 nitrogen and oxygen atoms in total. The predicted molar refractivity (Wildman–Crippen MR) is 108 cm³/mol. The SMILES string of the molecule is Cc1cccc(N2CCN(Cc3nc(-c4ccc(C(F)(F)F)cc4)no3)CC2)c1C. The molecule has 1 aromatic heterocycles. The summed E-state index contributed by atoms with van der Waals surface area (Å²) in [7, 11) is 0. The molecule has 0 aliphatic carbocycles. The second-order valence-corrected chi connectivity index (χ2v) is 7.57. The maximum atomic E-state index is 12.7. The van der Waals surface area contributed by atoms with E-state index in [4.69, 9.17) is 4.52 Å². The smallest absolute Gasteiger partial charge is 0.369 e. The minimum Gasteiger partial charge on any atom is -0.369 e. The van der Waals surface area contributed by atoms with Gasteiger partial charge in [-0.2, -0.15) is 18.2 Å². The molecule has 0 atom stereocenters.